The van der Waals surface area contributed by atoms with E-state index in [4.69, 9.17) is 16.3 Å². The number of fused-ring (bicyclic) bond motifs is 1. The minimum absolute atomic E-state index is 0.173. The number of benzene rings is 1. The SMILES string of the molecule is Fc1ccc2c(c1)CC(CC1(CCl)CCCCC1)O2. The van der Waals surface area contributed by atoms with Crippen molar-refractivity contribution in [2.75, 3.05) is 5.88 Å². The van der Waals surface area contributed by atoms with E-state index in [0.29, 0.717) is 0 Å². The Labute approximate surface area is 119 Å². The van der Waals surface area contributed by atoms with Gasteiger partial charge >= 0.3 is 0 Å². The van der Waals surface area contributed by atoms with Crippen molar-refractivity contribution in [1.29, 1.82) is 0 Å². The van der Waals surface area contributed by atoms with E-state index in [-0.39, 0.29) is 17.3 Å². The number of rotatable bonds is 3. The predicted molar refractivity (Wildman–Crippen MR) is 75.4 cm³/mol. The van der Waals surface area contributed by atoms with Gasteiger partial charge < -0.3 is 4.74 Å². The van der Waals surface area contributed by atoms with Crippen molar-refractivity contribution in [3.8, 4) is 5.75 Å². The van der Waals surface area contributed by atoms with Crippen molar-refractivity contribution in [2.45, 2.75) is 51.0 Å². The molecule has 104 valence electrons. The molecule has 0 saturated heterocycles. The fourth-order valence-corrected chi connectivity index (χ4v) is 3.96. The number of halogens is 2. The molecule has 1 atom stereocenters. The number of hydrogen-bond acceptors (Lipinski definition) is 1. The Balaban J connectivity index is 1.69. The summed E-state index contributed by atoms with van der Waals surface area (Å²) in [6.45, 7) is 0. The lowest BCUT2D eigenvalue weighted by Crippen LogP contribution is -2.32. The van der Waals surface area contributed by atoms with Crippen LogP contribution in [0, 0.1) is 11.2 Å². The average Bonchev–Trinajstić information content (AvgIpc) is 2.81. The van der Waals surface area contributed by atoms with Crippen LogP contribution in [0.4, 0.5) is 4.39 Å². The first-order valence-electron chi connectivity index (χ1n) is 7.22. The lowest BCUT2D eigenvalue weighted by Gasteiger charge is -2.37. The molecule has 1 aromatic carbocycles. The van der Waals surface area contributed by atoms with E-state index in [2.05, 4.69) is 0 Å². The van der Waals surface area contributed by atoms with Crippen LogP contribution in [0.3, 0.4) is 0 Å². The third-order valence-corrected chi connectivity index (χ3v) is 5.19. The highest BCUT2D eigenvalue weighted by Crippen LogP contribution is 2.44. The van der Waals surface area contributed by atoms with Crippen molar-refractivity contribution in [3.63, 3.8) is 0 Å². The zero-order chi connectivity index (χ0) is 13.3. The van der Waals surface area contributed by atoms with Gasteiger partial charge in [-0.15, -0.1) is 11.6 Å². The van der Waals surface area contributed by atoms with Crippen LogP contribution in [0.5, 0.6) is 5.75 Å². The number of ether oxygens (including phenoxy) is 1. The molecule has 1 unspecified atom stereocenters. The van der Waals surface area contributed by atoms with Gasteiger partial charge in [-0.1, -0.05) is 19.3 Å². The van der Waals surface area contributed by atoms with Crippen LogP contribution < -0.4 is 4.74 Å². The fourth-order valence-electron chi connectivity index (χ4n) is 3.58. The van der Waals surface area contributed by atoms with Gasteiger partial charge in [0.15, 0.2) is 0 Å². The molecule has 1 aromatic rings. The molecular weight excluding hydrogens is 263 g/mol. The molecule has 19 heavy (non-hydrogen) atoms. The van der Waals surface area contributed by atoms with Crippen molar-refractivity contribution >= 4 is 11.6 Å². The van der Waals surface area contributed by atoms with Gasteiger partial charge in [0.1, 0.15) is 17.7 Å². The standard InChI is InChI=1S/C16H20ClFO/c17-11-16(6-2-1-3-7-16)10-14-9-12-8-13(18)4-5-15(12)19-14/h4-5,8,14H,1-3,6-7,9-11H2. The van der Waals surface area contributed by atoms with E-state index >= 15 is 0 Å². The highest BCUT2D eigenvalue weighted by Gasteiger charge is 2.36. The summed E-state index contributed by atoms with van der Waals surface area (Å²) in [6, 6.07) is 4.82. The van der Waals surface area contributed by atoms with Crippen LogP contribution in [0.15, 0.2) is 18.2 Å². The largest absolute Gasteiger partial charge is 0.490 e. The molecule has 3 rings (SSSR count). The highest BCUT2D eigenvalue weighted by molar-refractivity contribution is 6.18. The molecule has 0 bridgehead atoms. The quantitative estimate of drug-likeness (QED) is 0.730. The smallest absolute Gasteiger partial charge is 0.123 e. The van der Waals surface area contributed by atoms with Crippen LogP contribution in [0.1, 0.15) is 44.1 Å². The zero-order valence-corrected chi connectivity index (χ0v) is 11.9. The third-order valence-electron chi connectivity index (χ3n) is 4.62. The molecule has 1 heterocycles. The van der Waals surface area contributed by atoms with Crippen molar-refractivity contribution in [2.24, 2.45) is 5.41 Å². The predicted octanol–water partition coefficient (Wildman–Crippen LogP) is 4.71. The van der Waals surface area contributed by atoms with Gasteiger partial charge in [0.2, 0.25) is 0 Å². The topological polar surface area (TPSA) is 9.23 Å². The summed E-state index contributed by atoms with van der Waals surface area (Å²) in [7, 11) is 0. The number of alkyl halides is 1. The molecule has 1 fully saturated rings. The minimum Gasteiger partial charge on any atom is -0.490 e. The molecule has 0 radical (unpaired) electrons. The summed E-state index contributed by atoms with van der Waals surface area (Å²) in [5.41, 5.74) is 1.25. The summed E-state index contributed by atoms with van der Waals surface area (Å²) >= 11 is 6.24. The second-order valence-electron chi connectivity index (χ2n) is 6.09. The maximum absolute atomic E-state index is 13.2. The van der Waals surface area contributed by atoms with E-state index in [9.17, 15) is 4.39 Å². The Morgan fingerprint density at radius 1 is 1.26 bits per heavy atom. The third kappa shape index (κ3) is 2.74. The summed E-state index contributed by atoms with van der Waals surface area (Å²) in [4.78, 5) is 0. The maximum Gasteiger partial charge on any atom is 0.123 e. The zero-order valence-electron chi connectivity index (χ0n) is 11.1. The maximum atomic E-state index is 13.2. The molecule has 2 aliphatic rings. The molecular formula is C16H20ClFO. The second-order valence-corrected chi connectivity index (χ2v) is 6.36. The first-order valence-corrected chi connectivity index (χ1v) is 7.75. The van der Waals surface area contributed by atoms with E-state index in [1.54, 1.807) is 12.1 Å². The monoisotopic (exact) mass is 282 g/mol. The van der Waals surface area contributed by atoms with E-state index in [1.165, 1.54) is 38.2 Å². The van der Waals surface area contributed by atoms with Crippen molar-refractivity contribution < 1.29 is 9.13 Å². The van der Waals surface area contributed by atoms with Crippen LogP contribution in [-0.4, -0.2) is 12.0 Å². The van der Waals surface area contributed by atoms with Gasteiger partial charge in [0.05, 0.1) is 0 Å². The Morgan fingerprint density at radius 3 is 2.79 bits per heavy atom. The van der Waals surface area contributed by atoms with E-state index < -0.39 is 0 Å². The Kier molecular flexibility index (Phi) is 3.70. The summed E-state index contributed by atoms with van der Waals surface area (Å²) in [6.07, 6.45) is 8.31. The minimum atomic E-state index is -0.173. The molecule has 0 spiro atoms. The lowest BCUT2D eigenvalue weighted by atomic mass is 9.72. The number of hydrogen-bond donors (Lipinski definition) is 0. The molecule has 1 aliphatic carbocycles. The molecule has 1 aliphatic heterocycles. The average molecular weight is 283 g/mol. The normalized spacial score (nSPS) is 24.8. The van der Waals surface area contributed by atoms with E-state index in [0.717, 1.165) is 30.0 Å². The van der Waals surface area contributed by atoms with Gasteiger partial charge in [0, 0.05) is 17.9 Å². The van der Waals surface area contributed by atoms with Gasteiger partial charge in [-0.05, 0) is 42.9 Å². The summed E-state index contributed by atoms with van der Waals surface area (Å²) in [5, 5.41) is 0. The molecule has 1 nitrogen and oxygen atoms in total. The molecule has 0 amide bonds. The molecule has 1 saturated carbocycles. The highest BCUT2D eigenvalue weighted by atomic mass is 35.5. The second kappa shape index (κ2) is 5.32. The van der Waals surface area contributed by atoms with Gasteiger partial charge in [-0.3, -0.25) is 0 Å². The van der Waals surface area contributed by atoms with Crippen LogP contribution >= 0.6 is 11.6 Å². The lowest BCUT2D eigenvalue weighted by molar-refractivity contribution is 0.114. The van der Waals surface area contributed by atoms with E-state index in [1.807, 2.05) is 0 Å². The van der Waals surface area contributed by atoms with Crippen molar-refractivity contribution in [1.82, 2.24) is 0 Å². The van der Waals surface area contributed by atoms with Crippen LogP contribution in [0.2, 0.25) is 0 Å². The summed E-state index contributed by atoms with van der Waals surface area (Å²) < 4.78 is 19.2. The van der Waals surface area contributed by atoms with Gasteiger partial charge in [0.25, 0.3) is 0 Å². The molecule has 3 heteroatoms. The van der Waals surface area contributed by atoms with Gasteiger partial charge in [-0.25, -0.2) is 4.39 Å². The van der Waals surface area contributed by atoms with Gasteiger partial charge in [-0.2, -0.15) is 0 Å². The Bertz CT molecular complexity index is 454. The fraction of sp³-hybridized carbons (Fsp3) is 0.625. The Hall–Kier alpha value is -0.760. The first kappa shape index (κ1) is 13.2. The first-order chi connectivity index (χ1) is 9.21. The molecule has 0 aromatic heterocycles. The Morgan fingerprint density at radius 2 is 2.05 bits per heavy atom. The van der Waals surface area contributed by atoms with Crippen LogP contribution in [-0.2, 0) is 6.42 Å². The molecule has 0 N–H and O–H groups in total. The summed E-state index contributed by atoms with van der Waals surface area (Å²) in [5.74, 6) is 1.40. The van der Waals surface area contributed by atoms with Crippen molar-refractivity contribution in [3.05, 3.63) is 29.6 Å². The van der Waals surface area contributed by atoms with Crippen LogP contribution in [0.25, 0.3) is 0 Å².